The van der Waals surface area contributed by atoms with Crippen molar-refractivity contribution in [3.05, 3.63) is 30.1 Å². The zero-order valence-corrected chi connectivity index (χ0v) is 12.3. The molecular formula is C17H23N3. The third kappa shape index (κ3) is 3.60. The van der Waals surface area contributed by atoms with Crippen molar-refractivity contribution in [2.75, 3.05) is 0 Å². The second-order valence-corrected chi connectivity index (χ2v) is 5.27. The van der Waals surface area contributed by atoms with Crippen LogP contribution in [0.15, 0.2) is 24.3 Å². The van der Waals surface area contributed by atoms with Crippen molar-refractivity contribution in [1.82, 2.24) is 9.55 Å². The van der Waals surface area contributed by atoms with Crippen molar-refractivity contribution in [1.29, 1.82) is 5.26 Å². The minimum absolute atomic E-state index is 0.393. The summed E-state index contributed by atoms with van der Waals surface area (Å²) >= 11 is 0. The highest BCUT2D eigenvalue weighted by Gasteiger charge is 2.09. The van der Waals surface area contributed by atoms with Crippen LogP contribution in [-0.2, 0) is 13.0 Å². The largest absolute Gasteiger partial charge is 0.327 e. The van der Waals surface area contributed by atoms with Gasteiger partial charge in [-0.05, 0) is 18.6 Å². The lowest BCUT2D eigenvalue weighted by atomic mass is 10.1. The van der Waals surface area contributed by atoms with E-state index in [9.17, 15) is 0 Å². The summed E-state index contributed by atoms with van der Waals surface area (Å²) in [4.78, 5) is 4.57. The van der Waals surface area contributed by atoms with Crippen molar-refractivity contribution in [2.24, 2.45) is 0 Å². The van der Waals surface area contributed by atoms with Crippen LogP contribution in [0.1, 0.15) is 51.3 Å². The van der Waals surface area contributed by atoms with E-state index >= 15 is 0 Å². The van der Waals surface area contributed by atoms with E-state index in [1.54, 1.807) is 0 Å². The van der Waals surface area contributed by atoms with E-state index in [-0.39, 0.29) is 0 Å². The predicted molar refractivity (Wildman–Crippen MR) is 82.4 cm³/mol. The molecule has 0 N–H and O–H groups in total. The first-order chi connectivity index (χ1) is 9.86. The second-order valence-electron chi connectivity index (χ2n) is 5.27. The zero-order valence-electron chi connectivity index (χ0n) is 12.3. The maximum absolute atomic E-state index is 8.93. The average molecular weight is 269 g/mol. The number of nitrogens with zero attached hydrogens (tertiary/aromatic N) is 3. The molecular weight excluding hydrogens is 246 g/mol. The molecule has 0 aliphatic heterocycles. The Morgan fingerprint density at radius 2 is 1.85 bits per heavy atom. The molecule has 106 valence electrons. The Bertz CT molecular complexity index is 577. The van der Waals surface area contributed by atoms with Crippen molar-refractivity contribution < 1.29 is 0 Å². The maximum atomic E-state index is 8.93. The number of aromatic nitrogens is 2. The van der Waals surface area contributed by atoms with Gasteiger partial charge in [-0.2, -0.15) is 5.26 Å². The summed E-state index contributed by atoms with van der Waals surface area (Å²) < 4.78 is 2.22. The number of benzene rings is 1. The molecule has 2 aromatic rings. The Hall–Kier alpha value is -1.82. The molecule has 0 fully saturated rings. The van der Waals surface area contributed by atoms with E-state index < -0.39 is 0 Å². The molecule has 0 aliphatic rings. The number of para-hydroxylation sites is 2. The van der Waals surface area contributed by atoms with Crippen LogP contribution in [-0.4, -0.2) is 9.55 Å². The molecule has 1 heterocycles. The van der Waals surface area contributed by atoms with E-state index in [2.05, 4.69) is 28.6 Å². The standard InChI is InChI=1S/C17H23N3/c1-2-3-4-5-6-9-14-20-16-11-8-7-10-15(16)19-17(20)12-13-18/h7-8,10-11H,2-6,9,12,14H2,1H3. The van der Waals surface area contributed by atoms with Gasteiger partial charge in [0.2, 0.25) is 0 Å². The molecule has 0 bridgehead atoms. The van der Waals surface area contributed by atoms with Gasteiger partial charge in [0.15, 0.2) is 0 Å². The molecule has 2 rings (SSSR count). The van der Waals surface area contributed by atoms with Crippen LogP contribution in [0.3, 0.4) is 0 Å². The summed E-state index contributed by atoms with van der Waals surface area (Å²) in [6.07, 6.45) is 8.11. The number of rotatable bonds is 8. The van der Waals surface area contributed by atoms with E-state index in [1.165, 1.54) is 38.5 Å². The number of fused-ring (bicyclic) bond motifs is 1. The zero-order chi connectivity index (χ0) is 14.2. The van der Waals surface area contributed by atoms with Gasteiger partial charge in [-0.3, -0.25) is 0 Å². The van der Waals surface area contributed by atoms with Crippen LogP contribution in [0.2, 0.25) is 0 Å². The average Bonchev–Trinajstić information content (AvgIpc) is 2.81. The van der Waals surface area contributed by atoms with Crippen molar-refractivity contribution in [3.8, 4) is 6.07 Å². The Morgan fingerprint density at radius 3 is 2.65 bits per heavy atom. The lowest BCUT2D eigenvalue weighted by Gasteiger charge is -2.07. The van der Waals surface area contributed by atoms with Gasteiger partial charge >= 0.3 is 0 Å². The Balaban J connectivity index is 2.00. The topological polar surface area (TPSA) is 41.6 Å². The molecule has 0 saturated carbocycles. The van der Waals surface area contributed by atoms with Gasteiger partial charge in [0, 0.05) is 6.54 Å². The molecule has 1 aromatic carbocycles. The van der Waals surface area contributed by atoms with Crippen LogP contribution in [0.5, 0.6) is 0 Å². The summed E-state index contributed by atoms with van der Waals surface area (Å²) in [7, 11) is 0. The molecule has 3 nitrogen and oxygen atoms in total. The van der Waals surface area contributed by atoms with Crippen LogP contribution in [0.4, 0.5) is 0 Å². The molecule has 0 amide bonds. The molecule has 0 spiro atoms. The molecule has 0 radical (unpaired) electrons. The van der Waals surface area contributed by atoms with E-state index in [0.29, 0.717) is 6.42 Å². The van der Waals surface area contributed by atoms with Crippen molar-refractivity contribution >= 4 is 11.0 Å². The van der Waals surface area contributed by atoms with Gasteiger partial charge in [-0.25, -0.2) is 4.98 Å². The fraction of sp³-hybridized carbons (Fsp3) is 0.529. The van der Waals surface area contributed by atoms with Gasteiger partial charge in [-0.15, -0.1) is 0 Å². The number of aryl methyl sites for hydroxylation is 1. The summed E-state index contributed by atoms with van der Waals surface area (Å²) in [6.45, 7) is 3.22. The number of imidazole rings is 1. The molecule has 0 unspecified atom stereocenters. The van der Waals surface area contributed by atoms with Gasteiger partial charge in [0.05, 0.1) is 23.5 Å². The molecule has 3 heteroatoms. The van der Waals surface area contributed by atoms with E-state index in [0.717, 1.165) is 23.4 Å². The quantitative estimate of drug-likeness (QED) is 0.664. The lowest BCUT2D eigenvalue weighted by Crippen LogP contribution is -2.03. The van der Waals surface area contributed by atoms with Gasteiger partial charge < -0.3 is 4.57 Å². The molecule has 0 saturated heterocycles. The highest BCUT2D eigenvalue weighted by Crippen LogP contribution is 2.18. The summed E-state index contributed by atoms with van der Waals surface area (Å²) in [6, 6.07) is 10.4. The van der Waals surface area contributed by atoms with Crippen LogP contribution >= 0.6 is 0 Å². The monoisotopic (exact) mass is 269 g/mol. The van der Waals surface area contributed by atoms with Gasteiger partial charge in [0.25, 0.3) is 0 Å². The predicted octanol–water partition coefficient (Wildman–Crippen LogP) is 4.46. The fourth-order valence-electron chi connectivity index (χ4n) is 2.63. The Labute approximate surface area is 121 Å². The summed E-state index contributed by atoms with van der Waals surface area (Å²) in [5.41, 5.74) is 2.16. The number of unbranched alkanes of at least 4 members (excludes halogenated alkanes) is 5. The Morgan fingerprint density at radius 1 is 1.10 bits per heavy atom. The number of hydrogen-bond acceptors (Lipinski definition) is 2. The van der Waals surface area contributed by atoms with Crippen LogP contribution in [0.25, 0.3) is 11.0 Å². The van der Waals surface area contributed by atoms with Crippen LogP contribution < -0.4 is 0 Å². The molecule has 0 atom stereocenters. The second kappa shape index (κ2) is 7.69. The first-order valence-electron chi connectivity index (χ1n) is 7.68. The van der Waals surface area contributed by atoms with Crippen molar-refractivity contribution in [2.45, 2.75) is 58.4 Å². The Kier molecular flexibility index (Phi) is 5.61. The number of nitriles is 1. The summed E-state index contributed by atoms with van der Waals surface area (Å²) in [5, 5.41) is 8.93. The SMILES string of the molecule is CCCCCCCCn1c(CC#N)nc2ccccc21. The first-order valence-corrected chi connectivity index (χ1v) is 7.68. The molecule has 1 aromatic heterocycles. The normalized spacial score (nSPS) is 10.8. The van der Waals surface area contributed by atoms with E-state index in [1.807, 2.05) is 18.2 Å². The molecule has 0 aliphatic carbocycles. The molecule has 20 heavy (non-hydrogen) atoms. The number of hydrogen-bond donors (Lipinski definition) is 0. The third-order valence-corrected chi connectivity index (χ3v) is 3.71. The smallest absolute Gasteiger partial charge is 0.124 e. The van der Waals surface area contributed by atoms with E-state index in [4.69, 9.17) is 5.26 Å². The minimum Gasteiger partial charge on any atom is -0.327 e. The maximum Gasteiger partial charge on any atom is 0.124 e. The van der Waals surface area contributed by atoms with Gasteiger partial charge in [0.1, 0.15) is 5.82 Å². The summed E-state index contributed by atoms with van der Waals surface area (Å²) in [5.74, 6) is 0.905. The third-order valence-electron chi connectivity index (χ3n) is 3.71. The lowest BCUT2D eigenvalue weighted by molar-refractivity contribution is 0.556. The fourth-order valence-corrected chi connectivity index (χ4v) is 2.63. The first kappa shape index (κ1) is 14.6. The van der Waals surface area contributed by atoms with Gasteiger partial charge in [-0.1, -0.05) is 51.2 Å². The highest BCUT2D eigenvalue weighted by molar-refractivity contribution is 5.75. The minimum atomic E-state index is 0.393. The van der Waals surface area contributed by atoms with Crippen LogP contribution in [0, 0.1) is 11.3 Å². The van der Waals surface area contributed by atoms with Crippen molar-refractivity contribution in [3.63, 3.8) is 0 Å². The highest BCUT2D eigenvalue weighted by atomic mass is 15.1.